The molecule has 2 rings (SSSR count). The summed E-state index contributed by atoms with van der Waals surface area (Å²) in [5.41, 5.74) is 3.76. The second-order valence-corrected chi connectivity index (χ2v) is 6.00. The Balaban J connectivity index is 2.18. The Morgan fingerprint density at radius 1 is 1.23 bits per heavy atom. The van der Waals surface area contributed by atoms with Crippen molar-refractivity contribution in [2.45, 2.75) is 40.2 Å². The predicted octanol–water partition coefficient (Wildman–Crippen LogP) is 2.82. The minimum atomic E-state index is -1.02. The molecule has 0 saturated carbocycles. The Bertz CT molecular complexity index is 715. The minimum absolute atomic E-state index is 0.103. The number of aryl methyl sites for hydroxylation is 2. The third kappa shape index (κ3) is 3.30. The first kappa shape index (κ1) is 16.1. The van der Waals surface area contributed by atoms with E-state index in [0.717, 1.165) is 27.7 Å². The van der Waals surface area contributed by atoms with Crippen LogP contribution in [0.5, 0.6) is 0 Å². The second kappa shape index (κ2) is 6.22. The molecule has 1 aromatic carbocycles. The van der Waals surface area contributed by atoms with Gasteiger partial charge in [-0.25, -0.2) is 4.79 Å². The van der Waals surface area contributed by atoms with Crippen LogP contribution in [0.25, 0.3) is 11.0 Å². The quantitative estimate of drug-likeness (QED) is 0.890. The molecular weight excluding hydrogens is 282 g/mol. The van der Waals surface area contributed by atoms with Crippen molar-refractivity contribution in [2.75, 3.05) is 0 Å². The number of carboxylic acids is 1. The van der Waals surface area contributed by atoms with E-state index in [9.17, 15) is 9.59 Å². The summed E-state index contributed by atoms with van der Waals surface area (Å²) in [6.07, 6.45) is 1.67. The van der Waals surface area contributed by atoms with Crippen LogP contribution in [0.3, 0.4) is 0 Å². The van der Waals surface area contributed by atoms with E-state index in [-0.39, 0.29) is 18.2 Å². The lowest BCUT2D eigenvalue weighted by Gasteiger charge is -2.17. The Morgan fingerprint density at radius 2 is 1.86 bits per heavy atom. The summed E-state index contributed by atoms with van der Waals surface area (Å²) in [4.78, 5) is 23.2. The largest absolute Gasteiger partial charge is 0.480 e. The molecule has 118 valence electrons. The maximum absolute atomic E-state index is 12.1. The number of hydrogen-bond acceptors (Lipinski definition) is 3. The maximum Gasteiger partial charge on any atom is 0.326 e. The van der Waals surface area contributed by atoms with Gasteiger partial charge in [0.05, 0.1) is 12.7 Å². The van der Waals surface area contributed by atoms with Crippen molar-refractivity contribution >= 4 is 22.8 Å². The molecule has 0 saturated heterocycles. The van der Waals surface area contributed by atoms with E-state index in [4.69, 9.17) is 9.52 Å². The van der Waals surface area contributed by atoms with Crippen molar-refractivity contribution < 1.29 is 19.1 Å². The van der Waals surface area contributed by atoms with Crippen molar-refractivity contribution in [2.24, 2.45) is 5.92 Å². The number of hydrogen-bond donors (Lipinski definition) is 2. The summed E-state index contributed by atoms with van der Waals surface area (Å²) in [6, 6.07) is 3.06. The summed E-state index contributed by atoms with van der Waals surface area (Å²) < 4.78 is 5.49. The normalized spacial score (nSPS) is 12.6. The molecule has 0 radical (unpaired) electrons. The number of carbonyl (C=O) groups excluding carboxylic acids is 1. The molecule has 1 heterocycles. The van der Waals surface area contributed by atoms with Crippen LogP contribution >= 0.6 is 0 Å². The van der Waals surface area contributed by atoms with Gasteiger partial charge in [0, 0.05) is 10.9 Å². The van der Waals surface area contributed by atoms with Gasteiger partial charge >= 0.3 is 5.97 Å². The standard InChI is InChI=1S/C17H21NO4/c1-9(2)16(17(20)21)18-15(19)7-12-8-22-14-6-11(4)10(3)5-13(12)14/h5-6,8-9,16H,7H2,1-4H3,(H,18,19)(H,20,21). The van der Waals surface area contributed by atoms with E-state index >= 15 is 0 Å². The van der Waals surface area contributed by atoms with Gasteiger partial charge in [-0.15, -0.1) is 0 Å². The van der Waals surface area contributed by atoms with Crippen LogP contribution in [-0.4, -0.2) is 23.0 Å². The zero-order valence-corrected chi connectivity index (χ0v) is 13.3. The summed E-state index contributed by atoms with van der Waals surface area (Å²) in [5.74, 6) is -1.51. The molecule has 0 aliphatic rings. The number of benzene rings is 1. The number of aliphatic carboxylic acids is 1. The lowest BCUT2D eigenvalue weighted by Crippen LogP contribution is -2.44. The lowest BCUT2D eigenvalue weighted by molar-refractivity contribution is -0.143. The molecule has 2 N–H and O–H groups in total. The molecule has 2 aromatic rings. The van der Waals surface area contributed by atoms with Crippen LogP contribution in [0.2, 0.25) is 0 Å². The van der Waals surface area contributed by atoms with E-state index in [1.807, 2.05) is 26.0 Å². The van der Waals surface area contributed by atoms with Crippen LogP contribution < -0.4 is 5.32 Å². The molecule has 1 unspecified atom stereocenters. The van der Waals surface area contributed by atoms with E-state index in [0.29, 0.717) is 0 Å². The highest BCUT2D eigenvalue weighted by molar-refractivity contribution is 5.90. The van der Waals surface area contributed by atoms with Crippen LogP contribution in [0, 0.1) is 19.8 Å². The van der Waals surface area contributed by atoms with Gasteiger partial charge in [-0.1, -0.05) is 13.8 Å². The topological polar surface area (TPSA) is 79.5 Å². The minimum Gasteiger partial charge on any atom is -0.480 e. The summed E-state index contributed by atoms with van der Waals surface area (Å²) in [7, 11) is 0. The molecular formula is C17H21NO4. The molecule has 1 aromatic heterocycles. The molecule has 1 atom stereocenters. The van der Waals surface area contributed by atoms with Gasteiger partial charge < -0.3 is 14.8 Å². The number of furan rings is 1. The van der Waals surface area contributed by atoms with Crippen molar-refractivity contribution in [3.05, 3.63) is 35.1 Å². The van der Waals surface area contributed by atoms with Crippen molar-refractivity contribution in [1.82, 2.24) is 5.32 Å². The smallest absolute Gasteiger partial charge is 0.326 e. The van der Waals surface area contributed by atoms with E-state index < -0.39 is 12.0 Å². The Morgan fingerprint density at radius 3 is 2.45 bits per heavy atom. The van der Waals surface area contributed by atoms with Gasteiger partial charge in [-0.2, -0.15) is 0 Å². The summed E-state index contributed by atoms with van der Waals surface area (Å²) in [6.45, 7) is 7.53. The molecule has 1 amide bonds. The van der Waals surface area contributed by atoms with Gasteiger partial charge in [0.15, 0.2) is 0 Å². The molecule has 0 bridgehead atoms. The number of rotatable bonds is 5. The highest BCUT2D eigenvalue weighted by Gasteiger charge is 2.23. The average molecular weight is 303 g/mol. The molecule has 22 heavy (non-hydrogen) atoms. The molecule has 5 heteroatoms. The SMILES string of the molecule is Cc1cc2occ(CC(=O)NC(C(=O)O)C(C)C)c2cc1C. The third-order valence-corrected chi connectivity index (χ3v) is 3.87. The van der Waals surface area contributed by atoms with E-state index in [1.165, 1.54) is 0 Å². The number of carbonyl (C=O) groups is 2. The van der Waals surface area contributed by atoms with E-state index in [1.54, 1.807) is 20.1 Å². The van der Waals surface area contributed by atoms with Gasteiger partial charge in [0.25, 0.3) is 0 Å². The van der Waals surface area contributed by atoms with Crippen LogP contribution in [0.4, 0.5) is 0 Å². The number of nitrogens with one attached hydrogen (secondary N) is 1. The highest BCUT2D eigenvalue weighted by atomic mass is 16.4. The second-order valence-electron chi connectivity index (χ2n) is 6.00. The maximum atomic E-state index is 12.1. The van der Waals surface area contributed by atoms with Crippen molar-refractivity contribution in [3.63, 3.8) is 0 Å². The lowest BCUT2D eigenvalue weighted by atomic mass is 10.0. The molecule has 0 aliphatic heterocycles. The van der Waals surface area contributed by atoms with Gasteiger partial charge in [0.2, 0.25) is 5.91 Å². The predicted molar refractivity (Wildman–Crippen MR) is 83.8 cm³/mol. The first-order valence-corrected chi connectivity index (χ1v) is 7.29. The Hall–Kier alpha value is -2.30. The molecule has 0 fully saturated rings. The fourth-order valence-corrected chi connectivity index (χ4v) is 2.38. The highest BCUT2D eigenvalue weighted by Crippen LogP contribution is 2.25. The van der Waals surface area contributed by atoms with Crippen LogP contribution in [-0.2, 0) is 16.0 Å². The zero-order valence-electron chi connectivity index (χ0n) is 13.3. The van der Waals surface area contributed by atoms with Gasteiger partial charge in [0.1, 0.15) is 11.6 Å². The van der Waals surface area contributed by atoms with Gasteiger partial charge in [-0.3, -0.25) is 4.79 Å². The first-order chi connectivity index (χ1) is 10.3. The summed E-state index contributed by atoms with van der Waals surface area (Å²) >= 11 is 0. The third-order valence-electron chi connectivity index (χ3n) is 3.87. The monoisotopic (exact) mass is 303 g/mol. The van der Waals surface area contributed by atoms with Crippen LogP contribution in [0.1, 0.15) is 30.5 Å². The Kier molecular flexibility index (Phi) is 4.54. The number of amides is 1. The van der Waals surface area contributed by atoms with Crippen molar-refractivity contribution in [3.8, 4) is 0 Å². The molecule has 5 nitrogen and oxygen atoms in total. The van der Waals surface area contributed by atoms with E-state index in [2.05, 4.69) is 5.32 Å². The fourth-order valence-electron chi connectivity index (χ4n) is 2.38. The zero-order chi connectivity index (χ0) is 16.4. The molecule has 0 aliphatic carbocycles. The van der Waals surface area contributed by atoms with Crippen molar-refractivity contribution in [1.29, 1.82) is 0 Å². The average Bonchev–Trinajstić information content (AvgIpc) is 2.78. The molecule has 0 spiro atoms. The fraction of sp³-hybridized carbons (Fsp3) is 0.412. The number of carboxylic acid groups (broad SMARTS) is 1. The van der Waals surface area contributed by atoms with Crippen LogP contribution in [0.15, 0.2) is 22.8 Å². The van der Waals surface area contributed by atoms with Gasteiger partial charge in [-0.05, 0) is 43.0 Å². The first-order valence-electron chi connectivity index (χ1n) is 7.29. The summed E-state index contributed by atoms with van der Waals surface area (Å²) in [5, 5.41) is 12.6. The number of fused-ring (bicyclic) bond motifs is 1. The Labute approximate surface area is 129 Å².